The molecule has 0 aliphatic rings. The number of alkyl halides is 2. The van der Waals surface area contributed by atoms with Crippen molar-refractivity contribution in [1.29, 1.82) is 0 Å². The molecule has 0 spiro atoms. The first-order valence-corrected chi connectivity index (χ1v) is 13.1. The van der Waals surface area contributed by atoms with Crippen molar-refractivity contribution >= 4 is 11.8 Å². The first-order valence-electron chi connectivity index (χ1n) is 13.1. The average molecular weight is 548 g/mol. The maximum Gasteiger partial charge on any atom is 0.273 e. The van der Waals surface area contributed by atoms with Crippen LogP contribution in [0.5, 0.6) is 5.75 Å². The molecular formula is C32H35F2N3O3. The Labute approximate surface area is 233 Å². The summed E-state index contributed by atoms with van der Waals surface area (Å²) >= 11 is 0. The number of methoxy groups -OCH3 is 1. The Bertz CT molecular complexity index is 1540. The van der Waals surface area contributed by atoms with Crippen molar-refractivity contribution in [3.63, 3.8) is 0 Å². The van der Waals surface area contributed by atoms with E-state index in [-0.39, 0.29) is 23.5 Å². The highest BCUT2D eigenvalue weighted by molar-refractivity contribution is 5.81. The van der Waals surface area contributed by atoms with Gasteiger partial charge in [-0.3, -0.25) is 0 Å². The van der Waals surface area contributed by atoms with Gasteiger partial charge in [-0.25, -0.2) is 13.8 Å². The predicted molar refractivity (Wildman–Crippen MR) is 155 cm³/mol. The number of halogens is 2. The highest BCUT2D eigenvalue weighted by Gasteiger charge is 2.29. The smallest absolute Gasteiger partial charge is 0.273 e. The molecule has 0 fully saturated rings. The minimum absolute atomic E-state index is 0.100. The molecule has 1 unspecified atom stereocenters. The number of hydrogen-bond acceptors (Lipinski definition) is 5. The number of ether oxygens (including phenoxy) is 1. The van der Waals surface area contributed by atoms with E-state index in [1.807, 2.05) is 39.0 Å². The lowest BCUT2D eigenvalue weighted by atomic mass is 9.91. The van der Waals surface area contributed by atoms with Gasteiger partial charge in [-0.15, -0.1) is 0 Å². The Morgan fingerprint density at radius 3 is 2.40 bits per heavy atom. The molecule has 4 rings (SSSR count). The molecular weight excluding hydrogens is 512 g/mol. The van der Waals surface area contributed by atoms with Gasteiger partial charge < -0.3 is 20.4 Å². The van der Waals surface area contributed by atoms with Gasteiger partial charge in [0, 0.05) is 28.8 Å². The van der Waals surface area contributed by atoms with E-state index in [1.54, 1.807) is 26.2 Å². The summed E-state index contributed by atoms with van der Waals surface area (Å²) < 4.78 is 34.9. The van der Waals surface area contributed by atoms with Gasteiger partial charge in [0.2, 0.25) is 0 Å². The first kappa shape index (κ1) is 28.8. The van der Waals surface area contributed by atoms with E-state index < -0.39 is 12.2 Å². The van der Waals surface area contributed by atoms with Gasteiger partial charge in [-0.2, -0.15) is 4.73 Å². The average Bonchev–Trinajstić information content (AvgIpc) is 3.22. The van der Waals surface area contributed by atoms with Crippen molar-refractivity contribution in [3.05, 3.63) is 94.3 Å². The summed E-state index contributed by atoms with van der Waals surface area (Å²) in [5.74, 6) is -2.09. The van der Waals surface area contributed by atoms with Crippen LogP contribution in [0.4, 0.5) is 14.5 Å². The third kappa shape index (κ3) is 5.58. The number of benzene rings is 3. The zero-order valence-corrected chi connectivity index (χ0v) is 23.6. The van der Waals surface area contributed by atoms with Crippen molar-refractivity contribution in [2.75, 3.05) is 12.4 Å². The second kappa shape index (κ2) is 11.5. The number of nitrogens with one attached hydrogen (secondary N) is 1. The zero-order valence-electron chi connectivity index (χ0n) is 23.6. The fourth-order valence-electron chi connectivity index (χ4n) is 5.05. The van der Waals surface area contributed by atoms with Gasteiger partial charge in [0.15, 0.2) is 12.1 Å². The molecule has 1 heterocycles. The monoisotopic (exact) mass is 547 g/mol. The summed E-state index contributed by atoms with van der Waals surface area (Å²) in [6.45, 7) is 9.15. The third-order valence-electron chi connectivity index (χ3n) is 7.01. The number of nitrogens with zero attached hydrogens (tertiary/aromatic N) is 2. The molecule has 8 heteroatoms. The lowest BCUT2D eigenvalue weighted by molar-refractivity contribution is -0.00826. The maximum atomic E-state index is 14.2. The molecule has 40 heavy (non-hydrogen) atoms. The van der Waals surface area contributed by atoms with Crippen LogP contribution in [0.15, 0.2) is 60.7 Å². The fourth-order valence-corrected chi connectivity index (χ4v) is 5.05. The van der Waals surface area contributed by atoms with Gasteiger partial charge in [0.05, 0.1) is 12.8 Å². The van der Waals surface area contributed by atoms with Crippen molar-refractivity contribution in [2.45, 2.75) is 53.2 Å². The van der Waals surface area contributed by atoms with Crippen LogP contribution in [0.2, 0.25) is 0 Å². The molecule has 1 atom stereocenters. The number of aliphatic hydroxyl groups is 1. The molecule has 1 aromatic heterocycles. The minimum atomic E-state index is -2.99. The molecule has 0 aliphatic carbocycles. The fraction of sp³-hybridized carbons (Fsp3) is 0.281. The SMILES string of the molecule is C/C=C\c1cc(C)c(-c2cc(-c3nc(C)c(C(O)Nc4cccc(C(F)(F)CC)c4)n3O)ccc2OC)c(C)c1. The van der Waals surface area contributed by atoms with E-state index in [1.165, 1.54) is 25.1 Å². The van der Waals surface area contributed by atoms with Gasteiger partial charge >= 0.3 is 0 Å². The van der Waals surface area contributed by atoms with Crippen molar-refractivity contribution in [3.8, 4) is 28.3 Å². The minimum Gasteiger partial charge on any atom is -0.496 e. The zero-order chi connectivity index (χ0) is 29.2. The Morgan fingerprint density at radius 1 is 1.07 bits per heavy atom. The summed E-state index contributed by atoms with van der Waals surface area (Å²) in [5.41, 5.74) is 6.34. The molecule has 4 aromatic rings. The molecule has 3 N–H and O–H groups in total. The normalized spacial score (nSPS) is 12.6. The third-order valence-corrected chi connectivity index (χ3v) is 7.01. The van der Waals surface area contributed by atoms with Crippen LogP contribution in [0.25, 0.3) is 28.6 Å². The Hall–Kier alpha value is -4.17. The van der Waals surface area contributed by atoms with Crippen molar-refractivity contribution in [2.24, 2.45) is 0 Å². The number of aryl methyl sites for hydroxylation is 3. The van der Waals surface area contributed by atoms with E-state index in [0.717, 1.165) is 32.5 Å². The van der Waals surface area contributed by atoms with Gasteiger partial charge in [-0.05, 0) is 80.3 Å². The molecule has 0 aliphatic heterocycles. The maximum absolute atomic E-state index is 14.2. The number of hydrogen-bond donors (Lipinski definition) is 3. The molecule has 3 aromatic carbocycles. The Kier molecular flexibility index (Phi) is 8.30. The van der Waals surface area contributed by atoms with E-state index in [2.05, 4.69) is 28.5 Å². The lowest BCUT2D eigenvalue weighted by Gasteiger charge is -2.19. The summed E-state index contributed by atoms with van der Waals surface area (Å²) in [5, 5.41) is 24.9. The summed E-state index contributed by atoms with van der Waals surface area (Å²) in [7, 11) is 1.61. The number of rotatable bonds is 9. The Balaban J connectivity index is 1.72. The van der Waals surface area contributed by atoms with E-state index in [9.17, 15) is 19.1 Å². The predicted octanol–water partition coefficient (Wildman–Crippen LogP) is 8.03. The van der Waals surface area contributed by atoms with E-state index in [0.29, 0.717) is 22.7 Å². The van der Waals surface area contributed by atoms with Gasteiger partial charge in [0.25, 0.3) is 5.92 Å². The molecule has 0 saturated carbocycles. The topological polar surface area (TPSA) is 79.5 Å². The largest absolute Gasteiger partial charge is 0.496 e. The highest BCUT2D eigenvalue weighted by Crippen LogP contribution is 2.39. The standard InChI is InChI=1S/C32H35F2N3O3/c1-7-10-22-15-19(3)28(20(4)16-22)26-17-23(13-14-27(26)40-6)30-35-21(5)29(37(30)39)31(38)36-25-12-9-11-24(18-25)32(33,34)8-2/h7,9-18,31,36,38-39H,8H2,1-6H3/b10-7-. The van der Waals surface area contributed by atoms with Crippen LogP contribution in [0.3, 0.4) is 0 Å². The molecule has 0 amide bonds. The molecule has 210 valence electrons. The number of imidazole rings is 1. The van der Waals surface area contributed by atoms with Crippen LogP contribution >= 0.6 is 0 Å². The van der Waals surface area contributed by atoms with Crippen LogP contribution in [0, 0.1) is 20.8 Å². The number of aliphatic hydroxyl groups excluding tert-OH is 1. The second-order valence-corrected chi connectivity index (χ2v) is 9.85. The van der Waals surface area contributed by atoms with Crippen LogP contribution in [-0.2, 0) is 5.92 Å². The number of allylic oxidation sites excluding steroid dienone is 1. The van der Waals surface area contributed by atoms with Crippen LogP contribution in [0.1, 0.15) is 60.1 Å². The summed E-state index contributed by atoms with van der Waals surface area (Å²) in [6, 6.07) is 15.4. The Morgan fingerprint density at radius 2 is 1.77 bits per heavy atom. The molecule has 0 saturated heterocycles. The van der Waals surface area contributed by atoms with E-state index >= 15 is 0 Å². The quantitative estimate of drug-likeness (QED) is 0.146. The summed E-state index contributed by atoms with van der Waals surface area (Å²) in [6.07, 6.45) is 2.30. The second-order valence-electron chi connectivity index (χ2n) is 9.85. The highest BCUT2D eigenvalue weighted by atomic mass is 19.3. The molecule has 0 bridgehead atoms. The van der Waals surface area contributed by atoms with Gasteiger partial charge in [0.1, 0.15) is 11.4 Å². The number of aromatic nitrogens is 2. The molecule has 6 nitrogen and oxygen atoms in total. The number of anilines is 1. The van der Waals surface area contributed by atoms with Crippen molar-refractivity contribution in [1.82, 2.24) is 9.71 Å². The van der Waals surface area contributed by atoms with Crippen LogP contribution in [-0.4, -0.2) is 27.1 Å². The summed E-state index contributed by atoms with van der Waals surface area (Å²) in [4.78, 5) is 4.53. The van der Waals surface area contributed by atoms with Crippen molar-refractivity contribution < 1.29 is 23.8 Å². The first-order chi connectivity index (χ1) is 19.0. The van der Waals surface area contributed by atoms with Crippen LogP contribution < -0.4 is 10.1 Å². The van der Waals surface area contributed by atoms with Gasteiger partial charge in [-0.1, -0.05) is 43.3 Å². The lowest BCUT2D eigenvalue weighted by Crippen LogP contribution is -2.16. The molecule has 0 radical (unpaired) electrons. The van der Waals surface area contributed by atoms with E-state index in [4.69, 9.17) is 4.74 Å².